The Morgan fingerprint density at radius 2 is 1.54 bits per heavy atom. The average molecular weight is 494 g/mol. The van der Waals surface area contributed by atoms with Crippen LogP contribution < -0.4 is 4.74 Å². The van der Waals surface area contributed by atoms with Crippen LogP contribution in [0.2, 0.25) is 0 Å². The van der Waals surface area contributed by atoms with Crippen LogP contribution in [0.15, 0.2) is 114 Å². The third-order valence-corrected chi connectivity index (χ3v) is 6.22. The van der Waals surface area contributed by atoms with Crippen LogP contribution in [0.4, 0.5) is 0 Å². The van der Waals surface area contributed by atoms with Gasteiger partial charge in [0.1, 0.15) is 11.5 Å². The molecule has 1 N–H and O–H groups in total. The van der Waals surface area contributed by atoms with Gasteiger partial charge in [-0.2, -0.15) is 5.10 Å². The maximum atomic E-state index is 11.0. The summed E-state index contributed by atoms with van der Waals surface area (Å²) in [5.74, 6) is 2.24. The van der Waals surface area contributed by atoms with Gasteiger partial charge in [0.2, 0.25) is 5.88 Å². The topological polar surface area (TPSA) is 63.7 Å². The van der Waals surface area contributed by atoms with Crippen molar-refractivity contribution in [2.45, 2.75) is 32.5 Å². The second-order valence-corrected chi connectivity index (χ2v) is 9.12. The maximum absolute atomic E-state index is 11.0. The summed E-state index contributed by atoms with van der Waals surface area (Å²) in [5.41, 5.74) is 3.86. The molecule has 6 heteroatoms. The number of furan rings is 1. The molecule has 188 valence electrons. The van der Waals surface area contributed by atoms with Gasteiger partial charge in [0.25, 0.3) is 0 Å². The van der Waals surface area contributed by atoms with E-state index in [2.05, 4.69) is 4.90 Å². The first kappa shape index (κ1) is 24.6. The van der Waals surface area contributed by atoms with Gasteiger partial charge >= 0.3 is 0 Å². The molecule has 37 heavy (non-hydrogen) atoms. The molecule has 2 heterocycles. The number of hydrogen-bond donors (Lipinski definition) is 1. The Hall–Kier alpha value is -4.13. The minimum Gasteiger partial charge on any atom is -0.468 e. The summed E-state index contributed by atoms with van der Waals surface area (Å²) in [5, 5.41) is 15.9. The largest absolute Gasteiger partial charge is 0.468 e. The smallest absolute Gasteiger partial charge is 0.227 e. The van der Waals surface area contributed by atoms with Gasteiger partial charge in [-0.1, -0.05) is 66.7 Å². The van der Waals surface area contributed by atoms with Gasteiger partial charge in [0.05, 0.1) is 35.9 Å². The van der Waals surface area contributed by atoms with E-state index in [0.717, 1.165) is 34.0 Å². The van der Waals surface area contributed by atoms with Crippen molar-refractivity contribution in [1.29, 1.82) is 0 Å². The fourth-order valence-electron chi connectivity index (χ4n) is 4.45. The molecular weight excluding hydrogens is 462 g/mol. The summed E-state index contributed by atoms with van der Waals surface area (Å²) in [6, 6.07) is 33.6. The molecule has 6 nitrogen and oxygen atoms in total. The number of rotatable bonds is 11. The molecule has 0 spiro atoms. The molecule has 5 aromatic rings. The highest BCUT2D eigenvalue weighted by molar-refractivity contribution is 5.43. The minimum absolute atomic E-state index is 0.469. The molecule has 1 atom stereocenters. The molecule has 3 aromatic carbocycles. The molecule has 2 aromatic heterocycles. The quantitative estimate of drug-likeness (QED) is 0.238. The van der Waals surface area contributed by atoms with E-state index in [9.17, 15) is 5.11 Å². The molecule has 5 rings (SSSR count). The van der Waals surface area contributed by atoms with Crippen molar-refractivity contribution in [2.24, 2.45) is 0 Å². The lowest BCUT2D eigenvalue weighted by atomic mass is 10.1. The Labute approximate surface area is 217 Å². The average Bonchev–Trinajstić information content (AvgIpc) is 3.54. The summed E-state index contributed by atoms with van der Waals surface area (Å²) in [6.07, 6.45) is 1.71. The van der Waals surface area contributed by atoms with Gasteiger partial charge in [-0.3, -0.25) is 4.90 Å². The van der Waals surface area contributed by atoms with Gasteiger partial charge in [0, 0.05) is 13.1 Å². The van der Waals surface area contributed by atoms with Crippen molar-refractivity contribution >= 4 is 0 Å². The first-order chi connectivity index (χ1) is 18.2. The van der Waals surface area contributed by atoms with Crippen LogP contribution in [-0.2, 0) is 19.5 Å². The van der Waals surface area contributed by atoms with Crippen LogP contribution in [0, 0.1) is 6.92 Å². The van der Waals surface area contributed by atoms with Gasteiger partial charge in [-0.05, 0) is 55.3 Å². The van der Waals surface area contributed by atoms with Crippen LogP contribution in [-0.4, -0.2) is 32.4 Å². The molecule has 0 saturated heterocycles. The molecule has 0 bridgehead atoms. The SMILES string of the molecule is Cc1nn(-c2ccccc2)c(Oc2ccccc2)c1CN(Cc1ccco1)C[C@H](O)Cc1ccccc1. The molecule has 0 radical (unpaired) electrons. The summed E-state index contributed by atoms with van der Waals surface area (Å²) in [6.45, 7) is 3.56. The van der Waals surface area contributed by atoms with E-state index in [0.29, 0.717) is 31.9 Å². The van der Waals surface area contributed by atoms with Crippen molar-refractivity contribution < 1.29 is 14.3 Å². The van der Waals surface area contributed by atoms with Crippen LogP contribution in [0.25, 0.3) is 5.69 Å². The monoisotopic (exact) mass is 493 g/mol. The summed E-state index contributed by atoms with van der Waals surface area (Å²) in [7, 11) is 0. The number of aliphatic hydroxyl groups excluding tert-OH is 1. The number of ether oxygens (including phenoxy) is 1. The fraction of sp³-hybridized carbons (Fsp3) is 0.194. The Morgan fingerprint density at radius 3 is 2.22 bits per heavy atom. The number of nitrogens with zero attached hydrogens (tertiary/aromatic N) is 3. The van der Waals surface area contributed by atoms with E-state index < -0.39 is 6.10 Å². The number of aromatic nitrogens is 2. The van der Waals surface area contributed by atoms with Crippen molar-refractivity contribution in [2.75, 3.05) is 6.54 Å². The normalized spacial score (nSPS) is 12.1. The highest BCUT2D eigenvalue weighted by Crippen LogP contribution is 2.32. The van der Waals surface area contributed by atoms with Crippen molar-refractivity contribution in [3.8, 4) is 17.3 Å². The maximum Gasteiger partial charge on any atom is 0.227 e. The molecule has 0 aliphatic heterocycles. The van der Waals surface area contributed by atoms with Crippen LogP contribution in [0.5, 0.6) is 11.6 Å². The van der Waals surface area contributed by atoms with Crippen LogP contribution in [0.3, 0.4) is 0 Å². The lowest BCUT2D eigenvalue weighted by Gasteiger charge is -2.25. The standard InChI is InChI=1S/C31H31N3O3/c1-24-30(31(37-28-16-9-4-10-17-28)34(32-24)26-14-7-3-8-15-26)23-33(22-29-18-11-19-36-29)21-27(35)20-25-12-5-2-6-13-25/h2-19,27,35H,20-23H2,1H3/t27-/m1/s1. The van der Waals surface area contributed by atoms with Crippen molar-refractivity contribution in [3.05, 3.63) is 132 Å². The van der Waals surface area contributed by atoms with E-state index in [1.165, 1.54) is 0 Å². The highest BCUT2D eigenvalue weighted by Gasteiger charge is 2.23. The van der Waals surface area contributed by atoms with Crippen molar-refractivity contribution in [1.82, 2.24) is 14.7 Å². The van der Waals surface area contributed by atoms with Crippen LogP contribution in [0.1, 0.15) is 22.6 Å². The van der Waals surface area contributed by atoms with Crippen LogP contribution >= 0.6 is 0 Å². The van der Waals surface area contributed by atoms with Gasteiger partial charge in [-0.25, -0.2) is 4.68 Å². The first-order valence-electron chi connectivity index (χ1n) is 12.5. The zero-order valence-corrected chi connectivity index (χ0v) is 20.9. The number of aryl methyl sites for hydroxylation is 1. The van der Waals surface area contributed by atoms with E-state index in [1.54, 1.807) is 6.26 Å². The van der Waals surface area contributed by atoms with E-state index in [1.807, 2.05) is 115 Å². The Morgan fingerprint density at radius 1 is 0.865 bits per heavy atom. The predicted octanol–water partition coefficient (Wildman–Crippen LogP) is 6.17. The second-order valence-electron chi connectivity index (χ2n) is 9.12. The summed E-state index contributed by atoms with van der Waals surface area (Å²) >= 11 is 0. The van der Waals surface area contributed by atoms with E-state index in [-0.39, 0.29) is 0 Å². The fourth-order valence-corrected chi connectivity index (χ4v) is 4.45. The van der Waals surface area contributed by atoms with Gasteiger partial charge in [-0.15, -0.1) is 0 Å². The zero-order chi connectivity index (χ0) is 25.5. The highest BCUT2D eigenvalue weighted by atomic mass is 16.5. The Kier molecular flexibility index (Phi) is 7.79. The first-order valence-corrected chi connectivity index (χ1v) is 12.5. The molecule has 0 amide bonds. The van der Waals surface area contributed by atoms with E-state index >= 15 is 0 Å². The minimum atomic E-state index is -0.541. The third kappa shape index (κ3) is 6.36. The predicted molar refractivity (Wildman–Crippen MR) is 144 cm³/mol. The number of aliphatic hydroxyl groups is 1. The summed E-state index contributed by atoms with van der Waals surface area (Å²) < 4.78 is 13.9. The van der Waals surface area contributed by atoms with Gasteiger partial charge in [0.15, 0.2) is 0 Å². The lowest BCUT2D eigenvalue weighted by Crippen LogP contribution is -2.33. The zero-order valence-electron chi connectivity index (χ0n) is 20.9. The Bertz CT molecular complexity index is 1370. The molecule has 0 aliphatic carbocycles. The number of para-hydroxylation sites is 2. The van der Waals surface area contributed by atoms with E-state index in [4.69, 9.17) is 14.3 Å². The lowest BCUT2D eigenvalue weighted by molar-refractivity contribution is 0.0997. The van der Waals surface area contributed by atoms with Crippen molar-refractivity contribution in [3.63, 3.8) is 0 Å². The molecule has 0 unspecified atom stereocenters. The Balaban J connectivity index is 1.46. The molecular formula is C31H31N3O3. The molecule has 0 saturated carbocycles. The third-order valence-electron chi connectivity index (χ3n) is 6.22. The second kappa shape index (κ2) is 11.7. The number of benzene rings is 3. The summed E-state index contributed by atoms with van der Waals surface area (Å²) in [4.78, 5) is 2.18. The number of hydrogen-bond acceptors (Lipinski definition) is 5. The van der Waals surface area contributed by atoms with Gasteiger partial charge < -0.3 is 14.3 Å². The molecule has 0 aliphatic rings. The molecule has 0 fully saturated rings.